The topological polar surface area (TPSA) is 111 Å². The zero-order valence-electron chi connectivity index (χ0n) is 11.8. The summed E-state index contributed by atoms with van der Waals surface area (Å²) in [5.41, 5.74) is 7.62. The van der Waals surface area contributed by atoms with Crippen molar-refractivity contribution in [2.24, 2.45) is 0 Å². The van der Waals surface area contributed by atoms with Crippen LogP contribution in [0.5, 0.6) is 5.75 Å². The smallest absolute Gasteiger partial charge is 0.336 e. The van der Waals surface area contributed by atoms with E-state index in [4.69, 9.17) is 14.9 Å². The summed E-state index contributed by atoms with van der Waals surface area (Å²) in [6.45, 7) is 2.15. The number of nitrogens with zero attached hydrogens (tertiary/aromatic N) is 1. The van der Waals surface area contributed by atoms with Crippen LogP contribution in [0, 0.1) is 0 Å². The second-order valence-corrected chi connectivity index (χ2v) is 4.34. The number of hydrogen-bond donors (Lipinski definition) is 3. The lowest BCUT2D eigenvalue weighted by atomic mass is 10.0. The molecule has 1 aromatic carbocycles. The fraction of sp³-hybridized carbons (Fsp3) is 0.286. The van der Waals surface area contributed by atoms with Gasteiger partial charge in [-0.2, -0.15) is 0 Å². The van der Waals surface area contributed by atoms with Gasteiger partial charge in [-0.3, -0.25) is 0 Å². The number of rotatable bonds is 6. The fourth-order valence-corrected chi connectivity index (χ4v) is 2.15. The van der Waals surface area contributed by atoms with E-state index in [1.54, 1.807) is 0 Å². The molecule has 0 saturated carbocycles. The predicted molar refractivity (Wildman–Crippen MR) is 77.6 cm³/mol. The van der Waals surface area contributed by atoms with Crippen LogP contribution in [0.3, 0.4) is 0 Å². The molecule has 0 fully saturated rings. The maximum absolute atomic E-state index is 11.4. The Morgan fingerprint density at radius 1 is 1.57 bits per heavy atom. The quantitative estimate of drug-likeness (QED) is 0.699. The summed E-state index contributed by atoms with van der Waals surface area (Å²) in [6, 6.07) is 1.50. The standard InChI is InChI=1S/C14H17N3O4/c1-3-8-9(14(18)19)6-10(12(15)13(8)20-2)17-7-11-16-4-5-21-11/h4-6,17H,3,7,15H2,1-2H3,(H,18,19). The number of carboxylic acid groups (broad SMARTS) is 1. The number of nitrogens with one attached hydrogen (secondary N) is 1. The van der Waals surface area contributed by atoms with Crippen molar-refractivity contribution >= 4 is 17.3 Å². The van der Waals surface area contributed by atoms with Gasteiger partial charge in [-0.25, -0.2) is 9.78 Å². The summed E-state index contributed by atoms with van der Waals surface area (Å²) in [7, 11) is 1.47. The van der Waals surface area contributed by atoms with E-state index in [0.717, 1.165) is 0 Å². The lowest BCUT2D eigenvalue weighted by Crippen LogP contribution is -2.10. The first-order chi connectivity index (χ1) is 10.1. The lowest BCUT2D eigenvalue weighted by Gasteiger charge is -2.17. The highest BCUT2D eigenvalue weighted by Gasteiger charge is 2.20. The minimum atomic E-state index is -1.02. The molecular formula is C14H17N3O4. The van der Waals surface area contributed by atoms with Gasteiger partial charge in [0.15, 0.2) is 0 Å². The molecule has 2 aromatic rings. The number of oxazole rings is 1. The molecule has 0 unspecified atom stereocenters. The summed E-state index contributed by atoms with van der Waals surface area (Å²) in [6.07, 6.45) is 3.50. The van der Waals surface area contributed by atoms with Gasteiger partial charge in [0.05, 0.1) is 36.8 Å². The number of hydrogen-bond acceptors (Lipinski definition) is 6. The SMILES string of the molecule is CCc1c(C(=O)O)cc(NCc2ncco2)c(N)c1OC. The number of anilines is 2. The predicted octanol–water partition coefficient (Wildman–Crippen LogP) is 2.14. The van der Waals surface area contributed by atoms with Crippen molar-refractivity contribution in [3.8, 4) is 5.75 Å². The van der Waals surface area contributed by atoms with Gasteiger partial charge in [-0.1, -0.05) is 6.92 Å². The Bertz CT molecular complexity index is 638. The molecule has 0 aliphatic carbocycles. The largest absolute Gasteiger partial charge is 0.494 e. The molecule has 0 aliphatic heterocycles. The van der Waals surface area contributed by atoms with E-state index < -0.39 is 5.97 Å². The Morgan fingerprint density at radius 3 is 2.86 bits per heavy atom. The lowest BCUT2D eigenvalue weighted by molar-refractivity contribution is 0.0695. The third-order valence-electron chi connectivity index (χ3n) is 3.12. The van der Waals surface area contributed by atoms with Crippen LogP contribution in [0.2, 0.25) is 0 Å². The molecule has 0 bridgehead atoms. The molecule has 7 heteroatoms. The van der Waals surface area contributed by atoms with Gasteiger partial charge in [-0.15, -0.1) is 0 Å². The highest BCUT2D eigenvalue weighted by atomic mass is 16.5. The molecule has 1 aromatic heterocycles. The van der Waals surface area contributed by atoms with E-state index in [-0.39, 0.29) is 5.56 Å². The molecule has 21 heavy (non-hydrogen) atoms. The Balaban J connectivity index is 2.40. The highest BCUT2D eigenvalue weighted by Crippen LogP contribution is 2.36. The summed E-state index contributed by atoms with van der Waals surface area (Å²) < 4.78 is 10.4. The number of carbonyl (C=O) groups is 1. The van der Waals surface area contributed by atoms with Gasteiger partial charge in [-0.05, 0) is 12.5 Å². The van der Waals surface area contributed by atoms with E-state index >= 15 is 0 Å². The second-order valence-electron chi connectivity index (χ2n) is 4.34. The third kappa shape index (κ3) is 2.91. The molecule has 112 valence electrons. The zero-order chi connectivity index (χ0) is 15.4. The Kier molecular flexibility index (Phi) is 4.32. The number of ether oxygens (including phenoxy) is 1. The number of aromatic carboxylic acids is 1. The second kappa shape index (κ2) is 6.17. The van der Waals surface area contributed by atoms with E-state index in [2.05, 4.69) is 10.3 Å². The van der Waals surface area contributed by atoms with Crippen LogP contribution in [0.1, 0.15) is 28.7 Å². The normalized spacial score (nSPS) is 10.4. The number of benzene rings is 1. The average Bonchev–Trinajstić information content (AvgIpc) is 2.98. The van der Waals surface area contributed by atoms with Gasteiger partial charge < -0.3 is 25.3 Å². The molecule has 7 nitrogen and oxygen atoms in total. The zero-order valence-corrected chi connectivity index (χ0v) is 11.8. The van der Waals surface area contributed by atoms with E-state index in [1.165, 1.54) is 25.6 Å². The van der Waals surface area contributed by atoms with Crippen molar-refractivity contribution < 1.29 is 19.1 Å². The van der Waals surface area contributed by atoms with Crippen LogP contribution >= 0.6 is 0 Å². The highest BCUT2D eigenvalue weighted by molar-refractivity contribution is 5.94. The maximum atomic E-state index is 11.4. The first-order valence-corrected chi connectivity index (χ1v) is 6.43. The third-order valence-corrected chi connectivity index (χ3v) is 3.12. The van der Waals surface area contributed by atoms with Crippen LogP contribution < -0.4 is 15.8 Å². The molecule has 0 amide bonds. The van der Waals surface area contributed by atoms with Crippen molar-refractivity contribution in [1.29, 1.82) is 0 Å². The number of carboxylic acids is 1. The Hall–Kier alpha value is -2.70. The van der Waals surface area contributed by atoms with Crippen molar-refractivity contribution in [1.82, 2.24) is 4.98 Å². The molecule has 0 atom stereocenters. The molecule has 0 radical (unpaired) electrons. The molecule has 0 spiro atoms. The Morgan fingerprint density at radius 2 is 2.33 bits per heavy atom. The fourth-order valence-electron chi connectivity index (χ4n) is 2.15. The number of methoxy groups -OCH3 is 1. The van der Waals surface area contributed by atoms with Crippen LogP contribution in [0.15, 0.2) is 22.9 Å². The van der Waals surface area contributed by atoms with Crippen molar-refractivity contribution in [3.05, 3.63) is 35.5 Å². The average molecular weight is 291 g/mol. The van der Waals surface area contributed by atoms with E-state index in [0.29, 0.717) is 41.5 Å². The number of nitrogen functional groups attached to an aromatic ring is 1. The van der Waals surface area contributed by atoms with Gasteiger partial charge in [0.25, 0.3) is 0 Å². The summed E-state index contributed by atoms with van der Waals surface area (Å²) in [5, 5.41) is 12.3. The minimum absolute atomic E-state index is 0.165. The Labute approximate surface area is 121 Å². The molecule has 2 rings (SSSR count). The number of nitrogens with two attached hydrogens (primary N) is 1. The molecule has 0 aliphatic rings. The molecule has 4 N–H and O–H groups in total. The first kappa shape index (κ1) is 14.7. The van der Waals surface area contributed by atoms with E-state index in [1.807, 2.05) is 6.92 Å². The summed E-state index contributed by atoms with van der Waals surface area (Å²) >= 11 is 0. The van der Waals surface area contributed by atoms with Crippen LogP contribution in [-0.4, -0.2) is 23.2 Å². The van der Waals surface area contributed by atoms with E-state index in [9.17, 15) is 9.90 Å². The van der Waals surface area contributed by atoms with Gasteiger partial charge >= 0.3 is 5.97 Å². The van der Waals surface area contributed by atoms with Gasteiger partial charge in [0.1, 0.15) is 12.0 Å². The van der Waals surface area contributed by atoms with Gasteiger partial charge in [0.2, 0.25) is 5.89 Å². The molecular weight excluding hydrogens is 274 g/mol. The number of aromatic nitrogens is 1. The molecule has 0 saturated heterocycles. The summed E-state index contributed by atoms with van der Waals surface area (Å²) in [5.74, 6) is -0.165. The van der Waals surface area contributed by atoms with Crippen LogP contribution in [0.25, 0.3) is 0 Å². The van der Waals surface area contributed by atoms with Gasteiger partial charge in [0, 0.05) is 5.56 Å². The van der Waals surface area contributed by atoms with Crippen molar-refractivity contribution in [3.63, 3.8) is 0 Å². The van der Waals surface area contributed by atoms with Crippen molar-refractivity contribution in [2.45, 2.75) is 19.9 Å². The molecule has 1 heterocycles. The maximum Gasteiger partial charge on any atom is 0.336 e. The first-order valence-electron chi connectivity index (χ1n) is 6.43. The minimum Gasteiger partial charge on any atom is -0.494 e. The van der Waals surface area contributed by atoms with Crippen molar-refractivity contribution in [2.75, 3.05) is 18.2 Å². The van der Waals surface area contributed by atoms with Crippen LogP contribution in [0.4, 0.5) is 11.4 Å². The monoisotopic (exact) mass is 291 g/mol. The summed E-state index contributed by atoms with van der Waals surface area (Å²) in [4.78, 5) is 15.4. The van der Waals surface area contributed by atoms with Crippen LogP contribution in [-0.2, 0) is 13.0 Å².